The first-order valence-corrected chi connectivity index (χ1v) is 9.34. The summed E-state index contributed by atoms with van der Waals surface area (Å²) in [6, 6.07) is 1.62. The van der Waals surface area contributed by atoms with Crippen LogP contribution in [0.15, 0.2) is 27.5 Å². The van der Waals surface area contributed by atoms with Gasteiger partial charge in [0.05, 0.1) is 5.56 Å². The van der Waals surface area contributed by atoms with Gasteiger partial charge in [-0.1, -0.05) is 5.16 Å². The van der Waals surface area contributed by atoms with E-state index in [4.69, 9.17) is 9.26 Å². The zero-order valence-corrected chi connectivity index (χ0v) is 15.3. The number of hydrogen-bond acceptors (Lipinski definition) is 6. The zero-order valence-electron chi connectivity index (χ0n) is 13.7. The summed E-state index contributed by atoms with van der Waals surface area (Å²) in [5.41, 5.74) is 0.561. The highest BCUT2D eigenvalue weighted by atomic mass is 79.9. The quantitative estimate of drug-likeness (QED) is 0.778. The molecular formula is C17H19BrN4O3. The number of nitrogens with zero attached hydrogens (tertiary/aromatic N) is 4. The fourth-order valence-corrected chi connectivity index (χ4v) is 3.83. The lowest BCUT2D eigenvalue weighted by Gasteiger charge is -2.22. The van der Waals surface area contributed by atoms with E-state index in [1.165, 1.54) is 0 Å². The number of halogens is 1. The average Bonchev–Trinajstić information content (AvgIpc) is 3.31. The van der Waals surface area contributed by atoms with E-state index in [0.29, 0.717) is 18.0 Å². The third-order valence-electron chi connectivity index (χ3n) is 4.79. The van der Waals surface area contributed by atoms with Crippen molar-refractivity contribution in [1.29, 1.82) is 0 Å². The topological polar surface area (TPSA) is 81.4 Å². The van der Waals surface area contributed by atoms with Crippen LogP contribution in [0.5, 0.6) is 0 Å². The molecule has 4 rings (SSSR count). The Kier molecular flexibility index (Phi) is 4.80. The Morgan fingerprint density at radius 3 is 2.88 bits per heavy atom. The first kappa shape index (κ1) is 16.7. The van der Waals surface area contributed by atoms with E-state index >= 15 is 0 Å². The summed E-state index contributed by atoms with van der Waals surface area (Å²) < 4.78 is 11.7. The zero-order chi connectivity index (χ0) is 17.2. The Morgan fingerprint density at radius 1 is 1.24 bits per heavy atom. The number of carbonyl (C=O) groups is 1. The van der Waals surface area contributed by atoms with Crippen LogP contribution in [-0.2, 0) is 4.74 Å². The van der Waals surface area contributed by atoms with Gasteiger partial charge in [0.15, 0.2) is 5.82 Å². The van der Waals surface area contributed by atoms with Crippen molar-refractivity contribution >= 4 is 21.8 Å². The molecule has 1 atom stereocenters. The number of hydrogen-bond donors (Lipinski definition) is 0. The number of likely N-dealkylation sites (tertiary alicyclic amines) is 1. The molecule has 0 N–H and O–H groups in total. The summed E-state index contributed by atoms with van der Waals surface area (Å²) in [6.45, 7) is 2.15. The summed E-state index contributed by atoms with van der Waals surface area (Å²) in [5.74, 6) is 1.50. The highest BCUT2D eigenvalue weighted by Crippen LogP contribution is 2.34. The van der Waals surface area contributed by atoms with Crippen molar-refractivity contribution in [3.8, 4) is 0 Å². The van der Waals surface area contributed by atoms with Gasteiger partial charge in [0, 0.05) is 42.5 Å². The summed E-state index contributed by atoms with van der Waals surface area (Å²) in [7, 11) is 0. The lowest BCUT2D eigenvalue weighted by Crippen LogP contribution is -2.30. The lowest BCUT2D eigenvalue weighted by molar-refractivity contribution is 0.0709. The second-order valence-electron chi connectivity index (χ2n) is 6.43. The average molecular weight is 407 g/mol. The van der Waals surface area contributed by atoms with Crippen molar-refractivity contribution in [2.75, 3.05) is 19.8 Å². The third-order valence-corrected chi connectivity index (χ3v) is 5.23. The molecule has 7 nitrogen and oxygen atoms in total. The fourth-order valence-electron chi connectivity index (χ4n) is 3.47. The molecule has 1 unspecified atom stereocenters. The van der Waals surface area contributed by atoms with Crippen molar-refractivity contribution in [2.45, 2.75) is 37.6 Å². The van der Waals surface area contributed by atoms with Gasteiger partial charge in [-0.25, -0.2) is 0 Å². The number of amides is 1. The Bertz CT molecular complexity index is 760. The number of ether oxygens (including phenoxy) is 1. The molecule has 2 aliphatic rings. The molecule has 2 aromatic rings. The molecule has 132 valence electrons. The summed E-state index contributed by atoms with van der Waals surface area (Å²) in [6.07, 6.45) is 6.83. The van der Waals surface area contributed by atoms with Crippen LogP contribution in [0.1, 0.15) is 59.7 Å². The van der Waals surface area contributed by atoms with Crippen molar-refractivity contribution in [3.05, 3.63) is 40.2 Å². The van der Waals surface area contributed by atoms with E-state index in [1.807, 2.05) is 4.90 Å². The van der Waals surface area contributed by atoms with Gasteiger partial charge in [0.1, 0.15) is 6.04 Å². The van der Waals surface area contributed by atoms with Gasteiger partial charge >= 0.3 is 0 Å². The maximum absolute atomic E-state index is 12.9. The van der Waals surface area contributed by atoms with E-state index in [-0.39, 0.29) is 17.9 Å². The number of rotatable bonds is 3. The highest BCUT2D eigenvalue weighted by Gasteiger charge is 2.35. The molecule has 2 saturated heterocycles. The maximum atomic E-state index is 12.9. The molecule has 8 heteroatoms. The predicted molar refractivity (Wildman–Crippen MR) is 92.0 cm³/mol. The van der Waals surface area contributed by atoms with Gasteiger partial charge in [0.2, 0.25) is 5.89 Å². The fraction of sp³-hybridized carbons (Fsp3) is 0.529. The minimum absolute atomic E-state index is 0.0536. The van der Waals surface area contributed by atoms with Crippen LogP contribution < -0.4 is 0 Å². The van der Waals surface area contributed by atoms with Crippen molar-refractivity contribution < 1.29 is 14.1 Å². The Hall–Kier alpha value is -1.80. The normalized spacial score (nSPS) is 21.6. The summed E-state index contributed by atoms with van der Waals surface area (Å²) in [4.78, 5) is 23.4. The minimum Gasteiger partial charge on any atom is -0.381 e. The molecule has 0 bridgehead atoms. The summed E-state index contributed by atoms with van der Waals surface area (Å²) >= 11 is 3.36. The van der Waals surface area contributed by atoms with Gasteiger partial charge in [-0.2, -0.15) is 4.98 Å². The number of carbonyl (C=O) groups excluding carboxylic acids is 1. The van der Waals surface area contributed by atoms with E-state index in [0.717, 1.165) is 49.2 Å². The standard InChI is InChI=1S/C17H19BrN4O3/c18-13-8-12(9-19-10-13)17(23)22-5-1-2-14(22)16-20-15(21-25-16)11-3-6-24-7-4-11/h8-11,14H,1-7H2. The van der Waals surface area contributed by atoms with E-state index in [1.54, 1.807) is 18.5 Å². The van der Waals surface area contributed by atoms with Crippen molar-refractivity contribution in [1.82, 2.24) is 20.0 Å². The van der Waals surface area contributed by atoms with Crippen LogP contribution in [0.2, 0.25) is 0 Å². The Morgan fingerprint density at radius 2 is 2.08 bits per heavy atom. The Balaban J connectivity index is 1.53. The molecule has 1 amide bonds. The molecule has 0 spiro atoms. The van der Waals surface area contributed by atoms with E-state index < -0.39 is 0 Å². The van der Waals surface area contributed by atoms with Crippen LogP contribution >= 0.6 is 15.9 Å². The number of pyridine rings is 1. The minimum atomic E-state index is -0.160. The second kappa shape index (κ2) is 7.21. The largest absolute Gasteiger partial charge is 0.381 e. The first-order chi connectivity index (χ1) is 12.2. The summed E-state index contributed by atoms with van der Waals surface area (Å²) in [5, 5.41) is 4.17. The van der Waals surface area contributed by atoms with Crippen molar-refractivity contribution in [3.63, 3.8) is 0 Å². The maximum Gasteiger partial charge on any atom is 0.256 e. The van der Waals surface area contributed by atoms with Crippen LogP contribution in [-0.4, -0.2) is 45.7 Å². The van der Waals surface area contributed by atoms with Gasteiger partial charge in [0.25, 0.3) is 5.91 Å². The molecule has 0 saturated carbocycles. The van der Waals surface area contributed by atoms with Crippen LogP contribution in [0, 0.1) is 0 Å². The molecular weight excluding hydrogens is 388 g/mol. The smallest absolute Gasteiger partial charge is 0.256 e. The van der Waals surface area contributed by atoms with E-state index in [9.17, 15) is 4.79 Å². The predicted octanol–water partition coefficient (Wildman–Crippen LogP) is 3.10. The first-order valence-electron chi connectivity index (χ1n) is 8.55. The van der Waals surface area contributed by atoms with E-state index in [2.05, 4.69) is 31.1 Å². The monoisotopic (exact) mass is 406 g/mol. The molecule has 2 aliphatic heterocycles. The molecule has 25 heavy (non-hydrogen) atoms. The molecule has 2 fully saturated rings. The van der Waals surface area contributed by atoms with Gasteiger partial charge < -0.3 is 14.2 Å². The highest BCUT2D eigenvalue weighted by molar-refractivity contribution is 9.10. The van der Waals surface area contributed by atoms with Gasteiger partial charge in [-0.05, 0) is 47.7 Å². The molecule has 0 radical (unpaired) electrons. The van der Waals surface area contributed by atoms with Crippen LogP contribution in [0.4, 0.5) is 0 Å². The molecule has 4 heterocycles. The van der Waals surface area contributed by atoms with Gasteiger partial charge in [-0.15, -0.1) is 0 Å². The van der Waals surface area contributed by atoms with Crippen LogP contribution in [0.25, 0.3) is 0 Å². The lowest BCUT2D eigenvalue weighted by atomic mass is 10.00. The second-order valence-corrected chi connectivity index (χ2v) is 7.34. The molecule has 0 aliphatic carbocycles. The Labute approximate surface area is 153 Å². The van der Waals surface area contributed by atoms with Crippen LogP contribution in [0.3, 0.4) is 0 Å². The third kappa shape index (κ3) is 3.46. The SMILES string of the molecule is O=C(c1cncc(Br)c1)N1CCCC1c1nc(C2CCOCC2)no1. The number of aromatic nitrogens is 3. The van der Waals surface area contributed by atoms with Crippen molar-refractivity contribution in [2.24, 2.45) is 0 Å². The van der Waals surface area contributed by atoms with Gasteiger partial charge in [-0.3, -0.25) is 9.78 Å². The molecule has 0 aromatic carbocycles. The molecule has 2 aromatic heterocycles.